The van der Waals surface area contributed by atoms with Crippen LogP contribution in [0.5, 0.6) is 0 Å². The molecule has 20 aromatic rings. The third-order valence-electron chi connectivity index (χ3n) is 29.5. The molecule has 0 saturated heterocycles. The number of anilines is 6. The van der Waals surface area contributed by atoms with Crippen molar-refractivity contribution in [3.05, 3.63) is 354 Å². The highest BCUT2D eigenvalue weighted by Crippen LogP contribution is 2.58. The number of hydrogen-bond acceptors (Lipinski definition) is 4. The van der Waals surface area contributed by atoms with Gasteiger partial charge in [0.05, 0.1) is 33.4 Å². The van der Waals surface area contributed by atoms with Gasteiger partial charge in [0.25, 0.3) is 6.71 Å². The summed E-state index contributed by atoms with van der Waals surface area (Å²) in [5, 5.41) is 9.25. The number of rotatable bonds is 9. The van der Waals surface area contributed by atoms with E-state index in [1.807, 2.05) is 0 Å². The van der Waals surface area contributed by atoms with Crippen LogP contribution in [0.15, 0.2) is 318 Å². The van der Waals surface area contributed by atoms with Gasteiger partial charge in [-0.15, -0.1) is 0 Å². The van der Waals surface area contributed by atoms with E-state index in [9.17, 15) is 0 Å². The van der Waals surface area contributed by atoms with Crippen LogP contribution >= 0.6 is 0 Å². The summed E-state index contributed by atoms with van der Waals surface area (Å²) >= 11 is 0. The zero-order valence-corrected chi connectivity index (χ0v) is 83.1. The maximum Gasteiger partial charge on any atom is 0.252 e. The van der Waals surface area contributed by atoms with E-state index >= 15 is 0 Å². The van der Waals surface area contributed by atoms with E-state index in [0.717, 1.165) is 167 Å². The Morgan fingerprint density at radius 2 is 0.511 bits per heavy atom. The van der Waals surface area contributed by atoms with Crippen LogP contribution in [0, 0.1) is 0 Å². The zero-order valence-electron chi connectivity index (χ0n) is 83.1. The van der Waals surface area contributed by atoms with E-state index in [0.29, 0.717) is 0 Å². The van der Waals surface area contributed by atoms with Gasteiger partial charge in [-0.05, 0) is 248 Å². The molecule has 2 aliphatic heterocycles. The van der Waals surface area contributed by atoms with E-state index < -0.39 is 6.71 Å². The van der Waals surface area contributed by atoms with Crippen molar-refractivity contribution >= 4 is 145 Å². The Bertz CT molecular complexity index is 7690. The minimum absolute atomic E-state index is 0.112. The minimum Gasteiger partial charge on any atom is -0.455 e. The monoisotopic (exact) mass is 1760 g/mol. The summed E-state index contributed by atoms with van der Waals surface area (Å²) in [6, 6.07) is 121. The van der Waals surface area contributed by atoms with E-state index in [-0.39, 0.29) is 43.3 Å². The summed E-state index contributed by atoms with van der Waals surface area (Å²) in [6.07, 6.45) is 0. The molecule has 4 aromatic heterocycles. The van der Waals surface area contributed by atoms with Gasteiger partial charge in [-0.25, -0.2) is 0 Å². The largest absolute Gasteiger partial charge is 0.455 e. The number of nitrogens with zero attached hydrogens (tertiary/aromatic N) is 4. The van der Waals surface area contributed by atoms with Gasteiger partial charge in [0.1, 0.15) is 22.3 Å². The first-order chi connectivity index (χ1) is 64.0. The molecule has 6 nitrogen and oxygen atoms in total. The predicted molar refractivity (Wildman–Crippen MR) is 580 cm³/mol. The lowest BCUT2D eigenvalue weighted by atomic mass is 9.33. The van der Waals surface area contributed by atoms with Gasteiger partial charge in [-0.3, -0.25) is 0 Å². The minimum atomic E-state index is -0.396. The van der Waals surface area contributed by atoms with Gasteiger partial charge in [-0.1, -0.05) is 354 Å². The fourth-order valence-corrected chi connectivity index (χ4v) is 21.6. The summed E-state index contributed by atoms with van der Waals surface area (Å²) in [4.78, 5) is 5.55. The van der Waals surface area contributed by atoms with Crippen molar-refractivity contribution in [2.75, 3.05) is 9.80 Å². The first-order valence-corrected chi connectivity index (χ1v) is 48.7. The third kappa shape index (κ3) is 14.4. The summed E-state index contributed by atoms with van der Waals surface area (Å²) in [5.74, 6) is 0. The molecule has 0 atom stereocenters. The van der Waals surface area contributed by atoms with Gasteiger partial charge in [0, 0.05) is 111 Å². The van der Waals surface area contributed by atoms with Crippen molar-refractivity contribution in [3.8, 4) is 67.0 Å². The van der Waals surface area contributed by atoms with Crippen molar-refractivity contribution in [3.63, 3.8) is 0 Å². The van der Waals surface area contributed by atoms with E-state index in [4.69, 9.17) is 8.83 Å². The average molecular weight is 1760 g/mol. The molecule has 670 valence electrons. The Morgan fingerprint density at radius 1 is 0.207 bits per heavy atom. The van der Waals surface area contributed by atoms with Gasteiger partial charge < -0.3 is 27.8 Å². The second-order valence-electron chi connectivity index (χ2n) is 47.0. The van der Waals surface area contributed by atoms with Crippen LogP contribution in [0.3, 0.4) is 0 Å². The summed E-state index contributed by atoms with van der Waals surface area (Å²) in [7, 11) is 0. The van der Waals surface area contributed by atoms with Crippen molar-refractivity contribution in [2.45, 2.75) is 209 Å². The first-order valence-electron chi connectivity index (χ1n) is 48.7. The van der Waals surface area contributed by atoms with E-state index in [2.05, 4.69) is 494 Å². The lowest BCUT2D eigenvalue weighted by Gasteiger charge is -2.46. The van der Waals surface area contributed by atoms with E-state index in [1.54, 1.807) is 0 Å². The van der Waals surface area contributed by atoms with E-state index in [1.165, 1.54) is 82.4 Å². The quantitative estimate of drug-likeness (QED) is 0.135. The number of benzene rings is 16. The molecule has 0 spiro atoms. The highest BCUT2D eigenvalue weighted by molar-refractivity contribution is 7.00. The predicted octanol–water partition coefficient (Wildman–Crippen LogP) is 34.5. The molecule has 0 radical (unpaired) electrons. The lowest BCUT2D eigenvalue weighted by Crippen LogP contribution is -2.61. The number of hydrogen-bond donors (Lipinski definition) is 0. The normalized spacial score (nSPS) is 13.6. The molecule has 22 rings (SSSR count). The second-order valence-corrected chi connectivity index (χ2v) is 47.0. The number of para-hydroxylation sites is 4. The fourth-order valence-electron chi connectivity index (χ4n) is 21.6. The SMILES string of the molecule is CC(C)(C)c1cc(-c2cc3c4c(c2)N(c2c(-c5ccccc5)cc(C(C)(C)C)cc2-c2cccc5c2oc2ccccc25)c2cc(-n5c6ccc(C(C)(C)C)cc6c6cc(C(C)(C)C)ccc65)ccc2B4c2ccc(-n4c5ccc(C(C)(C)C)cc5c5cc(C(C)(C)C)ccc54)cc2N3c2c(-c3ccccc3)cc(C(C)(C)C)cc2-c2cccc3c2oc2ccccc23)cc(C(C)(C)C)c1. The average Bonchev–Trinajstić information content (AvgIpc) is 0.859. The fraction of sp³-hybridized carbons (Fsp3) is 0.250. The molecule has 2 aliphatic rings. The molecule has 135 heavy (non-hydrogen) atoms. The van der Waals surface area contributed by atoms with Crippen LogP contribution in [-0.2, 0) is 43.3 Å². The Morgan fingerprint density at radius 3 is 0.852 bits per heavy atom. The van der Waals surface area contributed by atoms with Crippen LogP contribution in [0.4, 0.5) is 34.1 Å². The molecular weight excluding hydrogens is 1640 g/mol. The van der Waals surface area contributed by atoms with Gasteiger partial charge in [0.2, 0.25) is 0 Å². The summed E-state index contributed by atoms with van der Waals surface area (Å²) in [5.41, 5.74) is 39.4. The van der Waals surface area contributed by atoms with Gasteiger partial charge in [0.15, 0.2) is 0 Å². The van der Waals surface area contributed by atoms with Crippen LogP contribution in [0.25, 0.3) is 154 Å². The lowest BCUT2D eigenvalue weighted by molar-refractivity contribution is 0.569. The van der Waals surface area contributed by atoms with Crippen LogP contribution < -0.4 is 26.2 Å². The van der Waals surface area contributed by atoms with Crippen LogP contribution in [0.2, 0.25) is 0 Å². The highest BCUT2D eigenvalue weighted by Gasteiger charge is 2.47. The van der Waals surface area contributed by atoms with Crippen LogP contribution in [-0.4, -0.2) is 15.8 Å². The molecule has 0 N–H and O–H groups in total. The molecule has 0 aliphatic carbocycles. The summed E-state index contributed by atoms with van der Waals surface area (Å²) in [6.45, 7) is 56.3. The van der Waals surface area contributed by atoms with Gasteiger partial charge >= 0.3 is 0 Å². The highest BCUT2D eigenvalue weighted by atomic mass is 16.3. The van der Waals surface area contributed by atoms with Crippen molar-refractivity contribution in [1.29, 1.82) is 0 Å². The maximum atomic E-state index is 7.47. The molecule has 6 heterocycles. The molecule has 16 aromatic carbocycles. The topological polar surface area (TPSA) is 42.6 Å². The second kappa shape index (κ2) is 30.4. The molecule has 0 saturated carbocycles. The number of aromatic nitrogens is 2. The molecule has 0 fully saturated rings. The van der Waals surface area contributed by atoms with Crippen molar-refractivity contribution in [1.82, 2.24) is 9.13 Å². The molecule has 7 heteroatoms. The third-order valence-corrected chi connectivity index (χ3v) is 29.5. The molecule has 0 bridgehead atoms. The maximum absolute atomic E-state index is 7.47. The van der Waals surface area contributed by atoms with Gasteiger partial charge in [-0.2, -0.15) is 0 Å². The zero-order chi connectivity index (χ0) is 94.3. The van der Waals surface area contributed by atoms with Crippen molar-refractivity contribution < 1.29 is 8.83 Å². The number of furan rings is 2. The Kier molecular flexibility index (Phi) is 19.6. The Labute approximate surface area is 797 Å². The summed E-state index contributed by atoms with van der Waals surface area (Å²) < 4.78 is 20.1. The smallest absolute Gasteiger partial charge is 0.252 e. The van der Waals surface area contributed by atoms with Crippen molar-refractivity contribution in [2.24, 2.45) is 0 Å². The molecular formula is C128H123BN4O2. The first kappa shape index (κ1) is 86.8. The number of fused-ring (bicyclic) bond motifs is 16. The Balaban J connectivity index is 0.970. The Hall–Kier alpha value is -13.6. The molecule has 0 amide bonds. The van der Waals surface area contributed by atoms with Crippen LogP contribution in [0.1, 0.15) is 211 Å². The molecule has 0 unspecified atom stereocenters. The standard InChI is InChI=1S/C128H123BN4O2/c1-121(2,3)80-49-57-106-98(66-80)99-67-81(122(4,5)6)50-58-107(99)130(106)88-53-55-104-110(74-88)132(117-96(76-37-27-25-28-38-76)70-86(127(19,20)21)72-102(117)94-45-35-43-92-90-41-31-33-47-114(90)134-119(92)94)112-63-79(78-61-84(125(13,14)15)65-85(62-78)126(16,17)18)64-113-116(112)129(104)105-56-54-89(131-108-59-51-82(123(7,8)9)68-100(108)101-69-83(124(10,11)12)52-60-109(101)131)75-111(105)133(113)118-97(77-39-29-26-30-40-77)71-87(128(22,23)24)73-103(118)95-46-36-44-93-91-42-32-34-48-115(91)135-120(93)95/h25-75H,1-24H3.